The second-order valence-corrected chi connectivity index (χ2v) is 7.85. The van der Waals surface area contributed by atoms with Gasteiger partial charge >= 0.3 is 0 Å². The van der Waals surface area contributed by atoms with Gasteiger partial charge in [-0.15, -0.1) is 0 Å². The summed E-state index contributed by atoms with van der Waals surface area (Å²) in [5, 5.41) is 0. The Morgan fingerprint density at radius 2 is 1.69 bits per heavy atom. The van der Waals surface area contributed by atoms with Crippen LogP contribution in [-0.2, 0) is 24.3 Å². The first-order valence-electron chi connectivity index (χ1n) is 10.5. The summed E-state index contributed by atoms with van der Waals surface area (Å²) in [6, 6.07) is 15.8. The van der Waals surface area contributed by atoms with Crippen molar-refractivity contribution in [3.05, 3.63) is 95.1 Å². The van der Waals surface area contributed by atoms with Crippen LogP contribution in [0.25, 0.3) is 0 Å². The Morgan fingerprint density at radius 1 is 0.931 bits per heavy atom. The Morgan fingerprint density at radius 3 is 2.41 bits per heavy atom. The lowest BCUT2D eigenvalue weighted by Crippen LogP contribution is -2.23. The minimum absolute atomic E-state index is 0.221. The van der Waals surface area contributed by atoms with Crippen LogP contribution >= 0.6 is 0 Å². The van der Waals surface area contributed by atoms with Crippen LogP contribution in [0.2, 0.25) is 0 Å². The van der Waals surface area contributed by atoms with Crippen LogP contribution in [-0.4, -0.2) is 36.0 Å². The zero-order chi connectivity index (χ0) is 19.9. The maximum Gasteiger partial charge on any atom is 0.129 e. The Kier molecular flexibility index (Phi) is 6.63. The van der Waals surface area contributed by atoms with E-state index in [0.717, 1.165) is 31.8 Å². The van der Waals surface area contributed by atoms with Gasteiger partial charge in [-0.1, -0.05) is 42.5 Å². The quantitative estimate of drug-likeness (QED) is 0.636. The van der Waals surface area contributed by atoms with E-state index in [9.17, 15) is 4.39 Å². The van der Waals surface area contributed by atoms with E-state index >= 15 is 0 Å². The zero-order valence-corrected chi connectivity index (χ0v) is 16.9. The average Bonchev–Trinajstić information content (AvgIpc) is 3.27. The fourth-order valence-electron chi connectivity index (χ4n) is 3.85. The Bertz CT molecular complexity index is 853. The molecule has 0 N–H and O–H groups in total. The lowest BCUT2D eigenvalue weighted by Gasteiger charge is -2.23. The molecule has 2 aromatic carbocycles. The van der Waals surface area contributed by atoms with Crippen LogP contribution in [0.5, 0.6) is 0 Å². The summed E-state index contributed by atoms with van der Waals surface area (Å²) in [6.45, 7) is 5.60. The average molecular weight is 393 g/mol. The van der Waals surface area contributed by atoms with Gasteiger partial charge in [-0.25, -0.2) is 4.39 Å². The van der Waals surface area contributed by atoms with Gasteiger partial charge in [0.15, 0.2) is 0 Å². The number of halogens is 1. The normalized spacial score (nSPS) is 16.9. The van der Waals surface area contributed by atoms with Gasteiger partial charge in [-0.3, -0.25) is 4.90 Å². The number of hydrogen-bond acceptors (Lipinski definition) is 3. The number of likely N-dealkylation sites (tertiary alicyclic amines) is 1. The molecule has 3 nitrogen and oxygen atoms in total. The van der Waals surface area contributed by atoms with E-state index in [1.165, 1.54) is 43.1 Å². The van der Waals surface area contributed by atoms with Crippen LogP contribution in [0, 0.1) is 5.82 Å². The molecule has 4 heteroatoms. The Balaban J connectivity index is 1.19. The summed E-state index contributed by atoms with van der Waals surface area (Å²) in [5.74, 6) is 0.580. The summed E-state index contributed by atoms with van der Waals surface area (Å²) >= 11 is 0. The van der Waals surface area contributed by atoms with Gasteiger partial charge in [0, 0.05) is 31.4 Å². The van der Waals surface area contributed by atoms with E-state index in [2.05, 4.69) is 46.3 Å². The molecular weight excluding hydrogens is 363 g/mol. The van der Waals surface area contributed by atoms with E-state index in [4.69, 9.17) is 4.74 Å². The maximum atomic E-state index is 13.7. The lowest BCUT2D eigenvalue weighted by atomic mass is 10.1. The van der Waals surface area contributed by atoms with Crippen molar-refractivity contribution >= 4 is 0 Å². The van der Waals surface area contributed by atoms with Crippen LogP contribution in [0.15, 0.2) is 72.6 Å². The summed E-state index contributed by atoms with van der Waals surface area (Å²) in [6.07, 6.45) is 9.78. The van der Waals surface area contributed by atoms with Crippen molar-refractivity contribution in [1.29, 1.82) is 0 Å². The fourth-order valence-corrected chi connectivity index (χ4v) is 3.85. The molecule has 29 heavy (non-hydrogen) atoms. The number of ether oxygens (including phenoxy) is 1. The highest BCUT2D eigenvalue weighted by Gasteiger charge is 2.12. The molecule has 0 saturated carbocycles. The molecule has 152 valence electrons. The van der Waals surface area contributed by atoms with Crippen molar-refractivity contribution in [2.75, 3.05) is 26.2 Å². The highest BCUT2D eigenvalue weighted by molar-refractivity contribution is 5.24. The number of rotatable bonds is 8. The molecule has 0 spiro atoms. The molecule has 2 aliphatic rings. The van der Waals surface area contributed by atoms with Crippen molar-refractivity contribution in [2.45, 2.75) is 32.4 Å². The van der Waals surface area contributed by atoms with Gasteiger partial charge in [0.2, 0.25) is 0 Å². The molecule has 4 rings (SSSR count). The molecule has 2 heterocycles. The van der Waals surface area contributed by atoms with E-state index < -0.39 is 0 Å². The van der Waals surface area contributed by atoms with Crippen molar-refractivity contribution in [3.63, 3.8) is 0 Å². The standard InChI is InChI=1S/C25H29FN2O/c26-25-6-2-1-5-23(25)20-29-24-12-17-27(18-13-24)16-11-21-7-9-22(10-8-21)19-28-14-3-4-15-28/h1-2,5-10,12-13,17H,3-4,11,14-16,18-20H2. The zero-order valence-electron chi connectivity index (χ0n) is 16.9. The second-order valence-electron chi connectivity index (χ2n) is 7.85. The Hall–Kier alpha value is -2.59. The molecular formula is C25H29FN2O. The highest BCUT2D eigenvalue weighted by Crippen LogP contribution is 2.16. The van der Waals surface area contributed by atoms with E-state index in [1.54, 1.807) is 12.1 Å². The largest absolute Gasteiger partial charge is 0.489 e. The van der Waals surface area contributed by atoms with Gasteiger partial charge in [0.1, 0.15) is 18.2 Å². The van der Waals surface area contributed by atoms with Crippen LogP contribution < -0.4 is 0 Å². The van der Waals surface area contributed by atoms with Gasteiger partial charge in [-0.05, 0) is 61.7 Å². The van der Waals surface area contributed by atoms with Crippen molar-refractivity contribution in [2.24, 2.45) is 0 Å². The highest BCUT2D eigenvalue weighted by atomic mass is 19.1. The van der Waals surface area contributed by atoms with E-state index in [1.807, 2.05) is 12.1 Å². The topological polar surface area (TPSA) is 15.7 Å². The SMILES string of the molecule is Fc1ccccc1COC1=CCN(CCc2ccc(CN3CCCC3)cc2)C=C1. The third kappa shape index (κ3) is 5.70. The molecule has 0 amide bonds. The number of allylic oxidation sites excluding steroid dienone is 1. The molecule has 0 radical (unpaired) electrons. The van der Waals surface area contributed by atoms with E-state index in [0.29, 0.717) is 5.56 Å². The molecule has 0 atom stereocenters. The molecule has 2 aromatic rings. The Labute approximate surface area is 173 Å². The third-order valence-corrected chi connectivity index (χ3v) is 5.64. The predicted molar refractivity (Wildman–Crippen MR) is 115 cm³/mol. The number of nitrogens with zero attached hydrogens (tertiary/aromatic N) is 2. The molecule has 1 saturated heterocycles. The minimum Gasteiger partial charge on any atom is -0.489 e. The number of benzene rings is 2. The molecule has 2 aliphatic heterocycles. The summed E-state index contributed by atoms with van der Waals surface area (Å²) in [7, 11) is 0. The van der Waals surface area contributed by atoms with Crippen LogP contribution in [0.4, 0.5) is 4.39 Å². The van der Waals surface area contributed by atoms with Gasteiger partial charge < -0.3 is 9.64 Å². The third-order valence-electron chi connectivity index (χ3n) is 5.64. The molecule has 0 aromatic heterocycles. The van der Waals surface area contributed by atoms with Gasteiger partial charge in [0.25, 0.3) is 0 Å². The molecule has 0 bridgehead atoms. The molecule has 0 aliphatic carbocycles. The summed E-state index contributed by atoms with van der Waals surface area (Å²) < 4.78 is 19.4. The first kappa shape index (κ1) is 19.7. The first-order chi connectivity index (χ1) is 14.3. The monoisotopic (exact) mass is 392 g/mol. The predicted octanol–water partition coefficient (Wildman–Crippen LogP) is 4.89. The van der Waals surface area contributed by atoms with Crippen molar-refractivity contribution in [1.82, 2.24) is 9.80 Å². The number of hydrogen-bond donors (Lipinski definition) is 0. The molecule has 1 fully saturated rings. The smallest absolute Gasteiger partial charge is 0.129 e. The summed E-state index contributed by atoms with van der Waals surface area (Å²) in [4.78, 5) is 4.81. The second kappa shape index (κ2) is 9.75. The lowest BCUT2D eigenvalue weighted by molar-refractivity contribution is 0.201. The van der Waals surface area contributed by atoms with Crippen molar-refractivity contribution in [3.8, 4) is 0 Å². The first-order valence-corrected chi connectivity index (χ1v) is 10.5. The fraction of sp³-hybridized carbons (Fsp3) is 0.360. The molecule has 0 unspecified atom stereocenters. The van der Waals surface area contributed by atoms with E-state index in [-0.39, 0.29) is 12.4 Å². The summed E-state index contributed by atoms with van der Waals surface area (Å²) in [5.41, 5.74) is 3.36. The maximum absolute atomic E-state index is 13.7. The van der Waals surface area contributed by atoms with Gasteiger partial charge in [0.05, 0.1) is 0 Å². The van der Waals surface area contributed by atoms with Crippen LogP contribution in [0.3, 0.4) is 0 Å². The van der Waals surface area contributed by atoms with Gasteiger partial charge in [-0.2, -0.15) is 0 Å². The van der Waals surface area contributed by atoms with Crippen molar-refractivity contribution < 1.29 is 9.13 Å². The van der Waals surface area contributed by atoms with Crippen LogP contribution in [0.1, 0.15) is 29.5 Å². The minimum atomic E-state index is -0.221.